The standard InChI is InChI=1S/C31H34O15/c1-12-21(35)23(37)24(38)30(40-12)44-17-10-18(34)20-19(11-17)45-27(16-8-6-5-7-9-16)28(22(20)36)46-31-25(39)29(43-15(4)33)26(13(2)41-31)42-14(3)32/h5-13,21,23-26,29-31,34-35,37-39H,1-4H3/t12-,13-,21-,23+,24+,25+,26-,29-,30-,31-/m0/s1. The Morgan fingerprint density at radius 3 is 2.02 bits per heavy atom. The van der Waals surface area contributed by atoms with Crippen molar-refractivity contribution in [2.75, 3.05) is 0 Å². The third-order valence-electron chi connectivity index (χ3n) is 7.59. The summed E-state index contributed by atoms with van der Waals surface area (Å²) in [4.78, 5) is 37.5. The third-order valence-corrected chi connectivity index (χ3v) is 7.59. The molecule has 248 valence electrons. The predicted octanol–water partition coefficient (Wildman–Crippen LogP) is 0.720. The minimum absolute atomic E-state index is 0.110. The highest BCUT2D eigenvalue weighted by atomic mass is 16.7. The smallest absolute Gasteiger partial charge is 0.303 e. The Labute approximate surface area is 261 Å². The van der Waals surface area contributed by atoms with Gasteiger partial charge < -0.3 is 58.4 Å². The molecule has 0 unspecified atom stereocenters. The Morgan fingerprint density at radius 1 is 0.761 bits per heavy atom. The molecule has 0 aliphatic carbocycles. The van der Waals surface area contributed by atoms with Crippen molar-refractivity contribution in [3.8, 4) is 28.6 Å². The monoisotopic (exact) mass is 646 g/mol. The summed E-state index contributed by atoms with van der Waals surface area (Å²) in [7, 11) is 0. The molecule has 5 rings (SSSR count). The molecule has 3 aromatic rings. The first-order valence-electron chi connectivity index (χ1n) is 14.4. The van der Waals surface area contributed by atoms with Gasteiger partial charge in [0.1, 0.15) is 40.8 Å². The van der Waals surface area contributed by atoms with Crippen molar-refractivity contribution >= 4 is 22.9 Å². The lowest BCUT2D eigenvalue weighted by molar-refractivity contribution is -0.276. The molecule has 2 fully saturated rings. The Bertz CT molecular complexity index is 1640. The van der Waals surface area contributed by atoms with Gasteiger partial charge in [-0.15, -0.1) is 0 Å². The minimum Gasteiger partial charge on any atom is -0.507 e. The second-order valence-corrected chi connectivity index (χ2v) is 11.0. The fraction of sp³-hybridized carbons (Fsp3) is 0.452. The lowest BCUT2D eigenvalue weighted by Crippen LogP contribution is -2.61. The van der Waals surface area contributed by atoms with Crippen LogP contribution in [0.5, 0.6) is 17.2 Å². The number of carbonyl (C=O) groups is 2. The second kappa shape index (κ2) is 13.2. The number of aliphatic hydroxyl groups excluding tert-OH is 4. The number of ether oxygens (including phenoxy) is 6. The molecule has 3 heterocycles. The van der Waals surface area contributed by atoms with Crippen LogP contribution < -0.4 is 14.9 Å². The maximum absolute atomic E-state index is 13.9. The van der Waals surface area contributed by atoms with Crippen molar-refractivity contribution in [1.82, 2.24) is 0 Å². The molecule has 0 spiro atoms. The van der Waals surface area contributed by atoms with Crippen molar-refractivity contribution in [1.29, 1.82) is 0 Å². The summed E-state index contributed by atoms with van der Waals surface area (Å²) in [6.07, 6.45) is -13.9. The van der Waals surface area contributed by atoms with E-state index in [1.54, 1.807) is 30.3 Å². The Balaban J connectivity index is 1.55. The number of aliphatic hydroxyl groups is 4. The molecule has 1 aromatic heterocycles. The zero-order chi connectivity index (χ0) is 33.4. The van der Waals surface area contributed by atoms with Crippen LogP contribution in [-0.2, 0) is 28.5 Å². The van der Waals surface area contributed by atoms with Crippen LogP contribution in [0.1, 0.15) is 27.7 Å². The zero-order valence-electron chi connectivity index (χ0n) is 25.1. The molecular formula is C31H34O15. The quantitative estimate of drug-likeness (QED) is 0.223. The van der Waals surface area contributed by atoms with E-state index in [2.05, 4.69) is 0 Å². The summed E-state index contributed by atoms with van der Waals surface area (Å²) in [5, 5.41) is 52.2. The molecule has 5 N–H and O–H groups in total. The fourth-order valence-electron chi connectivity index (χ4n) is 5.34. The third kappa shape index (κ3) is 6.51. The summed E-state index contributed by atoms with van der Waals surface area (Å²) >= 11 is 0. The van der Waals surface area contributed by atoms with Crippen molar-refractivity contribution in [2.24, 2.45) is 0 Å². The first-order chi connectivity index (χ1) is 21.8. The van der Waals surface area contributed by atoms with Gasteiger partial charge in [0.05, 0.1) is 12.2 Å². The molecule has 0 radical (unpaired) electrons. The van der Waals surface area contributed by atoms with Gasteiger partial charge in [-0.3, -0.25) is 14.4 Å². The normalized spacial score (nSPS) is 31.2. The summed E-state index contributed by atoms with van der Waals surface area (Å²) in [5.74, 6) is -2.82. The average molecular weight is 647 g/mol. The van der Waals surface area contributed by atoms with E-state index in [9.17, 15) is 39.9 Å². The van der Waals surface area contributed by atoms with E-state index < -0.39 is 90.3 Å². The van der Waals surface area contributed by atoms with E-state index in [-0.39, 0.29) is 22.5 Å². The van der Waals surface area contributed by atoms with Crippen LogP contribution in [0.25, 0.3) is 22.3 Å². The van der Waals surface area contributed by atoms with Crippen LogP contribution in [0.4, 0.5) is 0 Å². The van der Waals surface area contributed by atoms with E-state index in [1.165, 1.54) is 19.9 Å². The second-order valence-electron chi connectivity index (χ2n) is 11.0. The number of fused-ring (bicyclic) bond motifs is 1. The molecule has 15 heteroatoms. The minimum atomic E-state index is -1.74. The number of aromatic hydroxyl groups is 1. The topological polar surface area (TPSA) is 221 Å². The highest BCUT2D eigenvalue weighted by Gasteiger charge is 2.49. The van der Waals surface area contributed by atoms with Crippen molar-refractivity contribution in [2.45, 2.75) is 89.1 Å². The maximum atomic E-state index is 13.9. The average Bonchev–Trinajstić information content (AvgIpc) is 3.00. The highest BCUT2D eigenvalue weighted by molar-refractivity contribution is 5.88. The van der Waals surface area contributed by atoms with Crippen molar-refractivity contribution in [3.05, 3.63) is 52.7 Å². The van der Waals surface area contributed by atoms with Gasteiger partial charge in [-0.1, -0.05) is 30.3 Å². The highest BCUT2D eigenvalue weighted by Crippen LogP contribution is 2.38. The predicted molar refractivity (Wildman–Crippen MR) is 155 cm³/mol. The van der Waals surface area contributed by atoms with Crippen molar-refractivity contribution in [3.63, 3.8) is 0 Å². The molecule has 2 aliphatic heterocycles. The number of carbonyl (C=O) groups excluding carboxylic acids is 2. The number of hydrogen-bond acceptors (Lipinski definition) is 15. The largest absolute Gasteiger partial charge is 0.507 e. The SMILES string of the molecule is CC(=O)O[C@@H]1[C@@H](OC(C)=O)[C@@H](O)[C@H](Oc2c(-c3ccccc3)oc3cc(O[C@@H]4O[C@@H](C)[C@H](O)[C@@H](O)[C@H]4O)cc(O)c3c2=O)O[C@H]1C. The molecular weight excluding hydrogens is 612 g/mol. The number of phenolic OH excluding ortho intramolecular Hbond substituents is 1. The van der Waals surface area contributed by atoms with Gasteiger partial charge in [0, 0.05) is 31.5 Å². The van der Waals surface area contributed by atoms with E-state index in [0.29, 0.717) is 5.56 Å². The Hall–Kier alpha value is -4.25. The molecule has 2 aromatic carbocycles. The van der Waals surface area contributed by atoms with Gasteiger partial charge in [0.2, 0.25) is 23.8 Å². The van der Waals surface area contributed by atoms with Gasteiger partial charge >= 0.3 is 11.9 Å². The fourth-order valence-corrected chi connectivity index (χ4v) is 5.34. The number of benzene rings is 2. The molecule has 2 aliphatic rings. The molecule has 10 atom stereocenters. The van der Waals surface area contributed by atoms with Crippen LogP contribution >= 0.6 is 0 Å². The van der Waals surface area contributed by atoms with E-state index in [4.69, 9.17) is 32.8 Å². The maximum Gasteiger partial charge on any atom is 0.303 e. The Kier molecular flexibility index (Phi) is 9.53. The Morgan fingerprint density at radius 2 is 1.37 bits per heavy atom. The number of rotatable bonds is 7. The molecule has 0 saturated carbocycles. The molecule has 0 bridgehead atoms. The summed E-state index contributed by atoms with van der Waals surface area (Å²) in [6.45, 7) is 5.21. The van der Waals surface area contributed by atoms with E-state index in [0.717, 1.165) is 19.9 Å². The van der Waals surface area contributed by atoms with Crippen LogP contribution in [0.3, 0.4) is 0 Å². The molecule has 46 heavy (non-hydrogen) atoms. The van der Waals surface area contributed by atoms with Crippen molar-refractivity contribution < 1.29 is 68.0 Å². The first kappa shape index (κ1) is 33.1. The molecule has 0 amide bonds. The number of esters is 2. The lowest BCUT2D eigenvalue weighted by Gasteiger charge is -2.41. The van der Waals surface area contributed by atoms with Crippen LogP contribution in [-0.4, -0.2) is 98.9 Å². The lowest BCUT2D eigenvalue weighted by atomic mass is 9.99. The van der Waals surface area contributed by atoms with Crippen LogP contribution in [0.2, 0.25) is 0 Å². The zero-order valence-corrected chi connectivity index (χ0v) is 25.1. The van der Waals surface area contributed by atoms with E-state index in [1.807, 2.05) is 0 Å². The van der Waals surface area contributed by atoms with Gasteiger partial charge in [0.15, 0.2) is 24.1 Å². The first-order valence-corrected chi connectivity index (χ1v) is 14.4. The summed E-state index contributed by atoms with van der Waals surface area (Å²) in [6, 6.07) is 10.6. The number of hydrogen-bond donors (Lipinski definition) is 5. The van der Waals surface area contributed by atoms with Crippen LogP contribution in [0.15, 0.2) is 51.7 Å². The number of phenols is 1. The van der Waals surface area contributed by atoms with Gasteiger partial charge in [-0.05, 0) is 13.8 Å². The molecule has 15 nitrogen and oxygen atoms in total. The van der Waals surface area contributed by atoms with Gasteiger partial charge in [-0.2, -0.15) is 0 Å². The van der Waals surface area contributed by atoms with Gasteiger partial charge in [-0.25, -0.2) is 0 Å². The van der Waals surface area contributed by atoms with E-state index >= 15 is 0 Å². The van der Waals surface area contributed by atoms with Gasteiger partial charge in [0.25, 0.3) is 0 Å². The summed E-state index contributed by atoms with van der Waals surface area (Å²) in [5.41, 5.74) is -0.692. The summed E-state index contributed by atoms with van der Waals surface area (Å²) < 4.78 is 39.4. The molecule has 2 saturated heterocycles. The van der Waals surface area contributed by atoms with Crippen LogP contribution in [0, 0.1) is 0 Å².